The van der Waals surface area contributed by atoms with E-state index in [-0.39, 0.29) is 29.6 Å². The summed E-state index contributed by atoms with van der Waals surface area (Å²) in [6.45, 7) is 9.65. The van der Waals surface area contributed by atoms with Gasteiger partial charge in [0.2, 0.25) is 5.91 Å². The zero-order valence-electron chi connectivity index (χ0n) is 17.3. The summed E-state index contributed by atoms with van der Waals surface area (Å²) >= 11 is 0. The van der Waals surface area contributed by atoms with E-state index in [0.717, 1.165) is 18.5 Å². The van der Waals surface area contributed by atoms with Crippen LogP contribution < -0.4 is 10.6 Å². The average molecular weight is 375 g/mol. The summed E-state index contributed by atoms with van der Waals surface area (Å²) in [6, 6.07) is 6.91. The summed E-state index contributed by atoms with van der Waals surface area (Å²) in [5.41, 5.74) is 1.09. The zero-order valence-corrected chi connectivity index (χ0v) is 17.3. The lowest BCUT2D eigenvalue weighted by atomic mass is 9.83. The fourth-order valence-corrected chi connectivity index (χ4v) is 3.48. The molecule has 5 nitrogen and oxygen atoms in total. The van der Waals surface area contributed by atoms with Gasteiger partial charge in [0.1, 0.15) is 6.04 Å². The molecule has 0 bridgehead atoms. The van der Waals surface area contributed by atoms with E-state index < -0.39 is 0 Å². The Labute approximate surface area is 163 Å². The minimum atomic E-state index is -0.328. The van der Waals surface area contributed by atoms with Crippen molar-refractivity contribution >= 4 is 17.6 Å². The van der Waals surface area contributed by atoms with Gasteiger partial charge in [-0.15, -0.1) is 0 Å². The highest BCUT2D eigenvalue weighted by Crippen LogP contribution is 2.29. The Balaban J connectivity index is 2.11. The van der Waals surface area contributed by atoms with Gasteiger partial charge >= 0.3 is 5.97 Å². The van der Waals surface area contributed by atoms with E-state index in [2.05, 4.69) is 10.6 Å². The van der Waals surface area contributed by atoms with Crippen molar-refractivity contribution in [1.29, 1.82) is 0 Å². The number of carbonyl (C=O) groups excluding carboxylic acids is 2. The van der Waals surface area contributed by atoms with Crippen LogP contribution >= 0.6 is 0 Å². The first-order chi connectivity index (χ1) is 12.7. The second-order valence-electron chi connectivity index (χ2n) is 8.79. The quantitative estimate of drug-likeness (QED) is 0.718. The van der Waals surface area contributed by atoms with E-state index >= 15 is 0 Å². The normalized spacial score (nSPS) is 16.7. The number of ether oxygens (including phenoxy) is 1. The Morgan fingerprint density at radius 1 is 1.04 bits per heavy atom. The Morgan fingerprint density at radius 3 is 2.15 bits per heavy atom. The van der Waals surface area contributed by atoms with Crippen LogP contribution in [0.25, 0.3) is 0 Å². The van der Waals surface area contributed by atoms with E-state index in [0.29, 0.717) is 11.5 Å². The van der Waals surface area contributed by atoms with E-state index in [1.54, 1.807) is 12.1 Å². The molecule has 1 aliphatic carbocycles. The SMILES string of the molecule is CC(C)OC(=O)c1ccc(NC(C(=O)NC(C)(C)C)C2CCCCC2)cc1. The number of hydrogen-bond donors (Lipinski definition) is 2. The van der Waals surface area contributed by atoms with Crippen LogP contribution in [0.4, 0.5) is 5.69 Å². The zero-order chi connectivity index (χ0) is 20.0. The highest BCUT2D eigenvalue weighted by Gasteiger charge is 2.31. The van der Waals surface area contributed by atoms with Gasteiger partial charge in [0, 0.05) is 11.2 Å². The Bertz CT molecular complexity index is 626. The molecule has 1 aliphatic rings. The molecule has 1 aromatic rings. The number of carbonyl (C=O) groups is 2. The topological polar surface area (TPSA) is 67.4 Å². The van der Waals surface area contributed by atoms with Gasteiger partial charge in [-0.25, -0.2) is 4.79 Å². The molecule has 0 aromatic heterocycles. The van der Waals surface area contributed by atoms with Gasteiger partial charge in [0.25, 0.3) is 0 Å². The molecule has 1 atom stereocenters. The lowest BCUT2D eigenvalue weighted by Crippen LogP contribution is -2.51. The molecule has 150 valence electrons. The van der Waals surface area contributed by atoms with Gasteiger partial charge in [0.15, 0.2) is 0 Å². The molecule has 27 heavy (non-hydrogen) atoms. The van der Waals surface area contributed by atoms with Crippen molar-refractivity contribution in [1.82, 2.24) is 5.32 Å². The number of nitrogens with one attached hydrogen (secondary N) is 2. The van der Waals surface area contributed by atoms with Gasteiger partial charge in [0.05, 0.1) is 11.7 Å². The summed E-state index contributed by atoms with van der Waals surface area (Å²) in [7, 11) is 0. The van der Waals surface area contributed by atoms with Gasteiger partial charge in [-0.3, -0.25) is 4.79 Å². The second-order valence-corrected chi connectivity index (χ2v) is 8.79. The number of esters is 1. The number of benzene rings is 1. The van der Waals surface area contributed by atoms with Crippen molar-refractivity contribution in [3.05, 3.63) is 29.8 Å². The van der Waals surface area contributed by atoms with Gasteiger partial charge in [-0.2, -0.15) is 0 Å². The van der Waals surface area contributed by atoms with Gasteiger partial charge in [-0.1, -0.05) is 19.3 Å². The number of rotatable bonds is 6. The van der Waals surface area contributed by atoms with Crippen LogP contribution in [0, 0.1) is 5.92 Å². The molecular formula is C22H34N2O3. The van der Waals surface area contributed by atoms with Crippen molar-refractivity contribution in [3.8, 4) is 0 Å². The van der Waals surface area contributed by atoms with Crippen LogP contribution in [-0.2, 0) is 9.53 Å². The predicted molar refractivity (Wildman–Crippen MR) is 109 cm³/mol. The molecule has 1 saturated carbocycles. The third-order valence-electron chi connectivity index (χ3n) is 4.69. The molecule has 0 aliphatic heterocycles. The minimum absolute atomic E-state index is 0.0395. The van der Waals surface area contributed by atoms with Crippen molar-refractivity contribution in [2.75, 3.05) is 5.32 Å². The number of hydrogen-bond acceptors (Lipinski definition) is 4. The molecule has 0 heterocycles. The molecule has 2 rings (SSSR count). The first kappa shape index (κ1) is 21.3. The fourth-order valence-electron chi connectivity index (χ4n) is 3.48. The third kappa shape index (κ3) is 6.89. The van der Waals surface area contributed by atoms with Crippen LogP contribution in [0.1, 0.15) is 77.1 Å². The summed E-state index contributed by atoms with van der Waals surface area (Å²) in [5.74, 6) is 0.0373. The molecule has 5 heteroatoms. The highest BCUT2D eigenvalue weighted by atomic mass is 16.5. The number of anilines is 1. The maximum atomic E-state index is 12.9. The molecule has 1 aromatic carbocycles. The molecule has 1 amide bonds. The summed E-state index contributed by atoms with van der Waals surface area (Å²) < 4.78 is 5.22. The van der Waals surface area contributed by atoms with Crippen molar-refractivity contribution in [3.63, 3.8) is 0 Å². The van der Waals surface area contributed by atoms with Crippen molar-refractivity contribution in [2.45, 2.75) is 84.4 Å². The maximum Gasteiger partial charge on any atom is 0.338 e. The molecular weight excluding hydrogens is 340 g/mol. The first-order valence-corrected chi connectivity index (χ1v) is 10.1. The molecule has 0 radical (unpaired) electrons. The Morgan fingerprint density at radius 2 is 1.63 bits per heavy atom. The van der Waals surface area contributed by atoms with E-state index in [1.807, 2.05) is 46.8 Å². The third-order valence-corrected chi connectivity index (χ3v) is 4.69. The van der Waals surface area contributed by atoms with Gasteiger partial charge in [-0.05, 0) is 77.6 Å². The van der Waals surface area contributed by atoms with Crippen LogP contribution in [-0.4, -0.2) is 29.6 Å². The van der Waals surface area contributed by atoms with Crippen LogP contribution in [0.5, 0.6) is 0 Å². The molecule has 1 fully saturated rings. The standard InChI is InChI=1S/C22H34N2O3/c1-15(2)27-21(26)17-11-13-18(14-12-17)23-19(16-9-7-6-8-10-16)20(25)24-22(3,4)5/h11-16,19,23H,6-10H2,1-5H3,(H,24,25). The van der Waals surface area contributed by atoms with Crippen molar-refractivity contribution < 1.29 is 14.3 Å². The molecule has 2 N–H and O–H groups in total. The van der Waals surface area contributed by atoms with E-state index in [9.17, 15) is 9.59 Å². The summed E-state index contributed by atoms with van der Waals surface area (Å²) in [5, 5.41) is 6.53. The fraction of sp³-hybridized carbons (Fsp3) is 0.636. The average Bonchev–Trinajstić information content (AvgIpc) is 2.58. The number of amides is 1. The highest BCUT2D eigenvalue weighted by molar-refractivity contribution is 5.90. The van der Waals surface area contributed by atoms with E-state index in [4.69, 9.17) is 4.74 Å². The lowest BCUT2D eigenvalue weighted by Gasteiger charge is -2.33. The summed E-state index contributed by atoms with van der Waals surface area (Å²) in [6.07, 6.45) is 5.57. The monoisotopic (exact) mass is 374 g/mol. The minimum Gasteiger partial charge on any atom is -0.459 e. The van der Waals surface area contributed by atoms with Crippen molar-refractivity contribution in [2.24, 2.45) is 5.92 Å². The Kier molecular flexibility index (Phi) is 7.28. The Hall–Kier alpha value is -2.04. The van der Waals surface area contributed by atoms with Crippen LogP contribution in [0.3, 0.4) is 0 Å². The van der Waals surface area contributed by atoms with Crippen LogP contribution in [0.2, 0.25) is 0 Å². The largest absolute Gasteiger partial charge is 0.459 e. The first-order valence-electron chi connectivity index (χ1n) is 10.1. The van der Waals surface area contributed by atoms with E-state index in [1.165, 1.54) is 19.3 Å². The second kappa shape index (κ2) is 9.25. The molecule has 1 unspecified atom stereocenters. The maximum absolute atomic E-state index is 12.9. The van der Waals surface area contributed by atoms with Crippen LogP contribution in [0.15, 0.2) is 24.3 Å². The molecule has 0 spiro atoms. The smallest absolute Gasteiger partial charge is 0.338 e. The van der Waals surface area contributed by atoms with Gasteiger partial charge < -0.3 is 15.4 Å². The predicted octanol–water partition coefficient (Wildman–Crippen LogP) is 4.53. The molecule has 0 saturated heterocycles. The lowest BCUT2D eigenvalue weighted by molar-refractivity contribution is -0.124. The summed E-state index contributed by atoms with van der Waals surface area (Å²) in [4.78, 5) is 24.9.